The molecule has 1 heterocycles. The first-order valence-electron chi connectivity index (χ1n) is 8.14. The molecule has 0 bridgehead atoms. The number of carbonyl (C=O) groups is 1. The Morgan fingerprint density at radius 2 is 2.13 bits per heavy atom. The van der Waals surface area contributed by atoms with Gasteiger partial charge in [-0.2, -0.15) is 0 Å². The minimum absolute atomic E-state index is 0.0367. The Balaban J connectivity index is 1.57. The average Bonchev–Trinajstić information content (AvgIpc) is 2.60. The van der Waals surface area contributed by atoms with Crippen LogP contribution in [0.25, 0.3) is 0 Å². The molecule has 1 aliphatic rings. The highest BCUT2D eigenvalue weighted by Crippen LogP contribution is 2.34. The lowest BCUT2D eigenvalue weighted by molar-refractivity contribution is -0.122. The Hall–Kier alpha value is -2.20. The molecule has 1 aliphatic carbocycles. The van der Waals surface area contributed by atoms with Crippen molar-refractivity contribution in [3.63, 3.8) is 0 Å². The van der Waals surface area contributed by atoms with Crippen molar-refractivity contribution in [3.05, 3.63) is 65.5 Å². The van der Waals surface area contributed by atoms with Gasteiger partial charge >= 0.3 is 0 Å². The highest BCUT2D eigenvalue weighted by atomic mass is 16.3. The summed E-state index contributed by atoms with van der Waals surface area (Å²) in [5.74, 6) is -0.0367. The van der Waals surface area contributed by atoms with Crippen LogP contribution in [0.2, 0.25) is 0 Å². The van der Waals surface area contributed by atoms with Crippen molar-refractivity contribution >= 4 is 5.91 Å². The van der Waals surface area contributed by atoms with Crippen molar-refractivity contribution in [2.24, 2.45) is 0 Å². The summed E-state index contributed by atoms with van der Waals surface area (Å²) in [7, 11) is 0. The summed E-state index contributed by atoms with van der Waals surface area (Å²) in [6, 6.07) is 11.8. The quantitative estimate of drug-likeness (QED) is 0.891. The predicted octanol–water partition coefficient (Wildman–Crippen LogP) is 2.35. The van der Waals surface area contributed by atoms with Crippen LogP contribution in [0.4, 0.5) is 0 Å². The molecule has 1 unspecified atom stereocenters. The summed E-state index contributed by atoms with van der Waals surface area (Å²) in [4.78, 5) is 16.1. The van der Waals surface area contributed by atoms with Crippen LogP contribution in [0.15, 0.2) is 48.8 Å². The van der Waals surface area contributed by atoms with Crippen molar-refractivity contribution in [2.75, 3.05) is 6.54 Å². The van der Waals surface area contributed by atoms with Crippen molar-refractivity contribution in [3.8, 4) is 0 Å². The van der Waals surface area contributed by atoms with Gasteiger partial charge in [-0.1, -0.05) is 30.3 Å². The van der Waals surface area contributed by atoms with E-state index in [1.165, 1.54) is 5.56 Å². The van der Waals surface area contributed by atoms with Crippen LogP contribution >= 0.6 is 0 Å². The smallest absolute Gasteiger partial charge is 0.220 e. The molecule has 0 fully saturated rings. The molecule has 1 amide bonds. The fourth-order valence-electron chi connectivity index (χ4n) is 3.22. The van der Waals surface area contributed by atoms with E-state index in [1.54, 1.807) is 12.4 Å². The first-order chi connectivity index (χ1) is 11.2. The Labute approximate surface area is 136 Å². The van der Waals surface area contributed by atoms with Crippen molar-refractivity contribution in [2.45, 2.75) is 37.7 Å². The lowest BCUT2D eigenvalue weighted by Gasteiger charge is -2.34. The molecule has 2 N–H and O–H groups in total. The molecular formula is C19H22N2O2. The fourth-order valence-corrected chi connectivity index (χ4v) is 3.22. The zero-order valence-electron chi connectivity index (χ0n) is 13.2. The van der Waals surface area contributed by atoms with E-state index in [-0.39, 0.29) is 12.5 Å². The third-order valence-electron chi connectivity index (χ3n) is 4.50. The second kappa shape index (κ2) is 6.92. The number of fused-ring (bicyclic) bond motifs is 1. The number of hydrogen-bond donors (Lipinski definition) is 2. The van der Waals surface area contributed by atoms with Gasteiger partial charge in [0, 0.05) is 18.8 Å². The molecule has 2 aromatic rings. The molecular weight excluding hydrogens is 288 g/mol. The fraction of sp³-hybridized carbons (Fsp3) is 0.368. The Morgan fingerprint density at radius 1 is 1.26 bits per heavy atom. The van der Waals surface area contributed by atoms with E-state index >= 15 is 0 Å². The number of aromatic nitrogens is 1. The van der Waals surface area contributed by atoms with Gasteiger partial charge in [0.1, 0.15) is 5.60 Å². The molecule has 0 saturated heterocycles. The first kappa shape index (κ1) is 15.7. The molecule has 23 heavy (non-hydrogen) atoms. The maximum atomic E-state index is 12.1. The van der Waals surface area contributed by atoms with Crippen molar-refractivity contribution in [1.82, 2.24) is 10.3 Å². The average molecular weight is 310 g/mol. The van der Waals surface area contributed by atoms with Crippen LogP contribution in [-0.4, -0.2) is 22.5 Å². The largest absolute Gasteiger partial charge is 0.383 e. The Bertz CT molecular complexity index is 672. The van der Waals surface area contributed by atoms with E-state index in [0.29, 0.717) is 19.3 Å². The standard InChI is InChI=1S/C19H22N2O2/c22-18(10-9-15-5-4-12-20-13-15)21-14-19(23)11-3-7-16-6-1-2-8-17(16)19/h1-2,4-6,8,12-13,23H,3,7,9-11,14H2,(H,21,22). The maximum absolute atomic E-state index is 12.1. The molecule has 0 aliphatic heterocycles. The summed E-state index contributed by atoms with van der Waals surface area (Å²) in [5.41, 5.74) is 2.24. The molecule has 1 aromatic carbocycles. The van der Waals surface area contributed by atoms with Gasteiger partial charge in [-0.05, 0) is 48.4 Å². The summed E-state index contributed by atoms with van der Waals surface area (Å²) >= 11 is 0. The zero-order chi connectivity index (χ0) is 16.1. The molecule has 3 rings (SSSR count). The molecule has 4 nitrogen and oxygen atoms in total. The van der Waals surface area contributed by atoms with Crippen molar-refractivity contribution in [1.29, 1.82) is 0 Å². The number of rotatable bonds is 5. The van der Waals surface area contributed by atoms with E-state index in [4.69, 9.17) is 0 Å². The number of benzene rings is 1. The zero-order valence-corrected chi connectivity index (χ0v) is 13.2. The van der Waals surface area contributed by atoms with Gasteiger partial charge in [-0.15, -0.1) is 0 Å². The number of hydrogen-bond acceptors (Lipinski definition) is 3. The highest BCUT2D eigenvalue weighted by Gasteiger charge is 2.34. The van der Waals surface area contributed by atoms with E-state index in [0.717, 1.165) is 24.0 Å². The van der Waals surface area contributed by atoms with Crippen LogP contribution in [0.5, 0.6) is 0 Å². The predicted molar refractivity (Wildman–Crippen MR) is 88.8 cm³/mol. The summed E-state index contributed by atoms with van der Waals surface area (Å²) in [6.45, 7) is 0.274. The molecule has 0 radical (unpaired) electrons. The lowest BCUT2D eigenvalue weighted by Crippen LogP contribution is -2.43. The van der Waals surface area contributed by atoms with Gasteiger partial charge in [-0.25, -0.2) is 0 Å². The molecule has 0 saturated carbocycles. The van der Waals surface area contributed by atoms with Gasteiger partial charge in [0.15, 0.2) is 0 Å². The summed E-state index contributed by atoms with van der Waals surface area (Å²) in [5, 5.41) is 13.8. The van der Waals surface area contributed by atoms with Crippen LogP contribution in [0.3, 0.4) is 0 Å². The normalized spacial score (nSPS) is 19.9. The first-order valence-corrected chi connectivity index (χ1v) is 8.14. The van der Waals surface area contributed by atoms with E-state index < -0.39 is 5.60 Å². The number of aryl methyl sites for hydroxylation is 2. The number of carbonyl (C=O) groups excluding carboxylic acids is 1. The van der Waals surface area contributed by atoms with Gasteiger partial charge < -0.3 is 10.4 Å². The Kier molecular flexibility index (Phi) is 4.72. The molecule has 4 heteroatoms. The van der Waals surface area contributed by atoms with Crippen LogP contribution in [0, 0.1) is 0 Å². The van der Waals surface area contributed by atoms with Gasteiger partial charge in [-0.3, -0.25) is 9.78 Å². The number of nitrogens with one attached hydrogen (secondary N) is 1. The second-order valence-electron chi connectivity index (χ2n) is 6.18. The van der Waals surface area contributed by atoms with Gasteiger partial charge in [0.25, 0.3) is 0 Å². The summed E-state index contributed by atoms with van der Waals surface area (Å²) < 4.78 is 0. The Morgan fingerprint density at radius 3 is 2.96 bits per heavy atom. The van der Waals surface area contributed by atoms with Crippen LogP contribution in [-0.2, 0) is 23.2 Å². The minimum atomic E-state index is -0.946. The third-order valence-corrected chi connectivity index (χ3v) is 4.50. The van der Waals surface area contributed by atoms with Crippen molar-refractivity contribution < 1.29 is 9.90 Å². The van der Waals surface area contributed by atoms with Crippen LogP contribution in [0.1, 0.15) is 36.0 Å². The van der Waals surface area contributed by atoms with E-state index in [1.807, 2.05) is 30.3 Å². The lowest BCUT2D eigenvalue weighted by atomic mass is 9.79. The molecule has 120 valence electrons. The molecule has 0 spiro atoms. The number of pyridine rings is 1. The monoisotopic (exact) mass is 310 g/mol. The summed E-state index contributed by atoms with van der Waals surface area (Å²) in [6.07, 6.45) is 7.19. The van der Waals surface area contributed by atoms with Crippen LogP contribution < -0.4 is 5.32 Å². The SMILES string of the molecule is O=C(CCc1cccnc1)NCC1(O)CCCc2ccccc21. The number of aliphatic hydroxyl groups is 1. The van der Waals surface area contributed by atoms with Gasteiger partial charge in [0.05, 0.1) is 6.54 Å². The molecule has 1 aromatic heterocycles. The third kappa shape index (κ3) is 3.77. The molecule has 1 atom stereocenters. The van der Waals surface area contributed by atoms with E-state index in [9.17, 15) is 9.90 Å². The van der Waals surface area contributed by atoms with E-state index in [2.05, 4.69) is 16.4 Å². The highest BCUT2D eigenvalue weighted by molar-refractivity contribution is 5.76. The number of amides is 1. The second-order valence-corrected chi connectivity index (χ2v) is 6.18. The van der Waals surface area contributed by atoms with Gasteiger partial charge in [0.2, 0.25) is 5.91 Å². The topological polar surface area (TPSA) is 62.2 Å². The maximum Gasteiger partial charge on any atom is 0.220 e. The number of nitrogens with zero attached hydrogens (tertiary/aromatic N) is 1. The minimum Gasteiger partial charge on any atom is -0.383 e.